The maximum Gasteiger partial charge on any atom is 0.179 e. The van der Waals surface area contributed by atoms with Crippen LogP contribution in [0.2, 0.25) is 0 Å². The van der Waals surface area contributed by atoms with Gasteiger partial charge in [-0.15, -0.1) is 34.0 Å². The summed E-state index contributed by atoms with van der Waals surface area (Å²) in [5.74, 6) is 0. The minimum atomic E-state index is -2.64. The van der Waals surface area contributed by atoms with Crippen LogP contribution in [0.5, 0.6) is 0 Å². The Morgan fingerprint density at radius 3 is 0.873 bits per heavy atom. The molecule has 20 aromatic carbocycles. The van der Waals surface area contributed by atoms with Gasteiger partial charge < -0.3 is 9.13 Å². The topological polar surface area (TPSA) is 48.5 Å². The standard InChI is InChI=1S/C45H27N3S.C41H25NS.C39H27NSSi/c1-2-14-29(15-3-1)47-38-22-9-6-17-31(38)35-25-26-36-32-18-7-10-23-39(32)48(44(36)43(35)47)30-16-12-13-28(27-30)42-34-20-5-4-19-33(34)41-37-21-8-11-24-40(37)49-45(41)46-42;1-2-13-26(14-3-1)37-29-17-4-6-19-31(29)38(32-20-7-5-18-30(32)37)27-15-12-16-28(25-27)40-34-22-9-8-21-33(34)39-35-23-10-11-24-36(35)43-41(39)42-40;1-4-16-29(17-5-1)42(30-18-6-2-7-19-30,31-20-8-3-9-21-31)32-22-14-15-28(27-32)38-34-24-11-10-23-33(34)37-35-25-12-13-26-36(35)41-39(37)40-38/h1-27H;1-25H;1-27H. The van der Waals surface area contributed by atoms with E-state index >= 15 is 0 Å². The number of benzene rings is 20. The third kappa shape index (κ3) is 12.8. The Labute approximate surface area is 785 Å². The molecule has 8 aromatic heterocycles. The summed E-state index contributed by atoms with van der Waals surface area (Å²) in [6, 6.07) is 174. The lowest BCUT2D eigenvalue weighted by molar-refractivity contribution is 1.15. The van der Waals surface area contributed by atoms with Gasteiger partial charge in [-0.05, 0) is 141 Å². The van der Waals surface area contributed by atoms with Crippen LogP contribution >= 0.6 is 34.0 Å². The largest absolute Gasteiger partial charge is 0.307 e. The van der Waals surface area contributed by atoms with E-state index in [1.54, 1.807) is 34.0 Å². The fraction of sp³-hybridized carbons (Fsp3) is 0. The van der Waals surface area contributed by atoms with Gasteiger partial charge in [0.05, 0.1) is 39.1 Å². The van der Waals surface area contributed by atoms with Gasteiger partial charge in [0.2, 0.25) is 0 Å². The van der Waals surface area contributed by atoms with Crippen molar-refractivity contribution in [3.05, 3.63) is 479 Å². The van der Waals surface area contributed by atoms with Crippen molar-refractivity contribution >= 4 is 221 Å². The van der Waals surface area contributed by atoms with Crippen molar-refractivity contribution in [2.24, 2.45) is 0 Å². The molecule has 0 amide bonds. The van der Waals surface area contributed by atoms with E-state index in [0.29, 0.717) is 0 Å². The molecule has 5 nitrogen and oxygen atoms in total. The van der Waals surface area contributed by atoms with E-state index in [-0.39, 0.29) is 0 Å². The van der Waals surface area contributed by atoms with Gasteiger partial charge in [-0.2, -0.15) is 0 Å². The van der Waals surface area contributed by atoms with Gasteiger partial charge in [-0.1, -0.05) is 419 Å². The highest BCUT2D eigenvalue weighted by Gasteiger charge is 2.42. The van der Waals surface area contributed by atoms with Crippen molar-refractivity contribution in [3.8, 4) is 67.4 Å². The first kappa shape index (κ1) is 78.7. The van der Waals surface area contributed by atoms with Crippen LogP contribution < -0.4 is 20.7 Å². The van der Waals surface area contributed by atoms with E-state index < -0.39 is 8.07 Å². The summed E-state index contributed by atoms with van der Waals surface area (Å²) in [4.78, 5) is 19.4. The zero-order chi connectivity index (χ0) is 88.3. The van der Waals surface area contributed by atoms with Gasteiger partial charge in [0.25, 0.3) is 0 Å². The normalized spacial score (nSPS) is 11.9. The first-order valence-corrected chi connectivity index (χ1v) is 50.1. The number of pyridine rings is 3. The zero-order valence-corrected chi connectivity index (χ0v) is 76.0. The molecule has 0 spiro atoms. The highest BCUT2D eigenvalue weighted by molar-refractivity contribution is 7.26. The molecule has 0 saturated carbocycles. The molecule has 0 N–H and O–H groups in total. The van der Waals surface area contributed by atoms with Crippen LogP contribution in [0.3, 0.4) is 0 Å². The molecule has 28 rings (SSSR count). The van der Waals surface area contributed by atoms with E-state index in [0.717, 1.165) is 59.6 Å². The Hall–Kier alpha value is -16.4. The molecule has 28 aromatic rings. The van der Waals surface area contributed by atoms with E-state index in [1.807, 2.05) is 0 Å². The first-order chi connectivity index (χ1) is 66.5. The molecule has 0 aliphatic heterocycles. The van der Waals surface area contributed by atoms with Crippen LogP contribution in [0.4, 0.5) is 0 Å². The first-order valence-electron chi connectivity index (χ1n) is 45.6. The van der Waals surface area contributed by atoms with Crippen molar-refractivity contribution in [1.82, 2.24) is 24.1 Å². The van der Waals surface area contributed by atoms with Gasteiger partial charge in [0, 0.05) is 112 Å². The Morgan fingerprint density at radius 1 is 0.179 bits per heavy atom. The second kappa shape index (κ2) is 32.6. The SMILES string of the molecule is c1ccc(-c2c3ccccc3c(-c3cccc(-c4nc5sc6ccccc6c5c5ccccc45)c3)c3ccccc23)cc1.c1ccc(-n2c3ccccc3c3ccc4c5ccccc5n(-c5cccc(-c6nc7sc8ccccc8c7c7ccccc67)c5)c4c32)cc1.c1ccc([Si](c2ccccc2)(c2ccccc2)c2cccc(-c3nc4sc5ccccc5c4c4ccccc34)c2)cc1. The molecule has 0 fully saturated rings. The number of rotatable bonds is 11. The van der Waals surface area contributed by atoms with Gasteiger partial charge >= 0.3 is 0 Å². The van der Waals surface area contributed by atoms with Crippen molar-refractivity contribution in [3.63, 3.8) is 0 Å². The number of para-hydroxylation sites is 3. The second-order valence-corrected chi connectivity index (χ2v) is 41.4. The maximum absolute atomic E-state index is 5.40. The average molecular weight is 1780 g/mol. The molecule has 0 radical (unpaired) electrons. The molecule has 0 atom stereocenters. The van der Waals surface area contributed by atoms with Crippen LogP contribution in [0, 0.1) is 0 Å². The van der Waals surface area contributed by atoms with Crippen LogP contribution in [0.1, 0.15) is 0 Å². The molecular formula is C125H79N5S3Si. The third-order valence-corrected chi connectivity index (χ3v) is 35.2. The van der Waals surface area contributed by atoms with Crippen LogP contribution in [0.15, 0.2) is 479 Å². The number of thiophene rings is 3. The monoisotopic (exact) mass is 1770 g/mol. The lowest BCUT2D eigenvalue weighted by Gasteiger charge is -2.34. The lowest BCUT2D eigenvalue weighted by atomic mass is 9.85. The second-order valence-electron chi connectivity index (χ2n) is 34.5. The fourth-order valence-corrected chi connectivity index (χ4v) is 29.6. The van der Waals surface area contributed by atoms with Crippen molar-refractivity contribution in [2.45, 2.75) is 0 Å². The summed E-state index contributed by atoms with van der Waals surface area (Å²) in [7, 11) is -2.64. The van der Waals surface area contributed by atoms with Gasteiger partial charge in [0.15, 0.2) is 8.07 Å². The van der Waals surface area contributed by atoms with Crippen LogP contribution in [0.25, 0.3) is 226 Å². The van der Waals surface area contributed by atoms with Gasteiger partial charge in [-0.3, -0.25) is 0 Å². The number of nitrogens with zero attached hydrogens (tertiary/aromatic N) is 5. The molecule has 0 bridgehead atoms. The van der Waals surface area contributed by atoms with Crippen molar-refractivity contribution in [1.29, 1.82) is 0 Å². The van der Waals surface area contributed by atoms with Crippen LogP contribution in [-0.4, -0.2) is 32.2 Å². The molecule has 9 heteroatoms. The minimum absolute atomic E-state index is 1.01. The summed E-state index contributed by atoms with van der Waals surface area (Å²) in [5, 5.41) is 30.4. The molecule has 0 saturated heterocycles. The molecule has 134 heavy (non-hydrogen) atoms. The van der Waals surface area contributed by atoms with E-state index in [2.05, 4.69) is 488 Å². The Bertz CT molecular complexity index is 9380. The van der Waals surface area contributed by atoms with E-state index in [9.17, 15) is 0 Å². The summed E-state index contributed by atoms with van der Waals surface area (Å²) in [5.41, 5.74) is 18.5. The number of hydrogen-bond donors (Lipinski definition) is 0. The highest BCUT2D eigenvalue weighted by Crippen LogP contribution is 2.50. The molecule has 0 unspecified atom stereocenters. The zero-order valence-electron chi connectivity index (χ0n) is 72.6. The van der Waals surface area contributed by atoms with Crippen molar-refractivity contribution < 1.29 is 0 Å². The smallest absolute Gasteiger partial charge is 0.179 e. The third-order valence-electron chi connectivity index (χ3n) is 27.2. The Kier molecular flexibility index (Phi) is 19.1. The van der Waals surface area contributed by atoms with Crippen molar-refractivity contribution in [2.75, 3.05) is 0 Å². The Morgan fingerprint density at radius 2 is 0.455 bits per heavy atom. The summed E-state index contributed by atoms with van der Waals surface area (Å²) < 4.78 is 8.73. The Balaban J connectivity index is 0.000000105. The summed E-state index contributed by atoms with van der Waals surface area (Å²) in [6.45, 7) is 0. The van der Waals surface area contributed by atoms with Crippen LogP contribution in [-0.2, 0) is 0 Å². The van der Waals surface area contributed by atoms with Gasteiger partial charge in [-0.25, -0.2) is 15.0 Å². The summed E-state index contributed by atoms with van der Waals surface area (Å²) >= 11 is 5.34. The molecule has 626 valence electrons. The summed E-state index contributed by atoms with van der Waals surface area (Å²) in [6.07, 6.45) is 0. The maximum atomic E-state index is 5.40. The average Bonchev–Trinajstić information content (AvgIpc) is 1.53. The number of hydrogen-bond acceptors (Lipinski definition) is 6. The molecule has 8 heterocycles. The highest BCUT2D eigenvalue weighted by atomic mass is 32.1. The lowest BCUT2D eigenvalue weighted by Crippen LogP contribution is -2.74. The quantitative estimate of drug-likeness (QED) is 0.0737. The van der Waals surface area contributed by atoms with E-state index in [1.165, 1.54) is 187 Å². The number of aromatic nitrogens is 5. The number of fused-ring (bicyclic) bond motifs is 24. The minimum Gasteiger partial charge on any atom is -0.307 e. The predicted octanol–water partition coefficient (Wildman–Crippen LogP) is 32.0. The fourth-order valence-electron chi connectivity index (χ4n) is 21.5. The molecule has 0 aliphatic carbocycles. The van der Waals surface area contributed by atoms with Gasteiger partial charge in [0.1, 0.15) is 14.5 Å². The molecular weight excluding hydrogens is 1700 g/mol. The predicted molar refractivity (Wildman–Crippen MR) is 578 cm³/mol. The van der Waals surface area contributed by atoms with E-state index in [4.69, 9.17) is 15.0 Å². The molecule has 0 aliphatic rings.